The number of rotatable bonds is 3. The summed E-state index contributed by atoms with van der Waals surface area (Å²) < 4.78 is 0. The molecule has 5 heteroatoms. The molecular weight excluding hydrogens is 302 g/mol. The van der Waals surface area contributed by atoms with Crippen LogP contribution in [0.25, 0.3) is 22.0 Å². The molecule has 0 spiro atoms. The van der Waals surface area contributed by atoms with E-state index in [0.29, 0.717) is 18.9 Å². The quantitative estimate of drug-likeness (QED) is 0.802. The van der Waals surface area contributed by atoms with Crippen molar-refractivity contribution in [2.75, 3.05) is 11.4 Å². The van der Waals surface area contributed by atoms with Gasteiger partial charge in [0.25, 0.3) is 0 Å². The van der Waals surface area contributed by atoms with Gasteiger partial charge in [-0.05, 0) is 35.7 Å². The average Bonchev–Trinajstić information content (AvgIpc) is 3.11. The van der Waals surface area contributed by atoms with E-state index in [-0.39, 0.29) is 0 Å². The highest BCUT2D eigenvalue weighted by Gasteiger charge is 2.32. The number of aromatic nitrogens is 2. The number of carboxylic acids is 1. The van der Waals surface area contributed by atoms with E-state index < -0.39 is 12.0 Å². The Balaban J connectivity index is 1.72. The van der Waals surface area contributed by atoms with E-state index in [1.807, 2.05) is 24.3 Å². The van der Waals surface area contributed by atoms with Gasteiger partial charge in [0.05, 0.1) is 5.69 Å². The van der Waals surface area contributed by atoms with E-state index in [1.54, 1.807) is 11.1 Å². The lowest BCUT2D eigenvalue weighted by Crippen LogP contribution is -2.37. The maximum Gasteiger partial charge on any atom is 0.326 e. The molecule has 120 valence electrons. The minimum atomic E-state index is -0.813. The highest BCUT2D eigenvalue weighted by atomic mass is 16.4. The van der Waals surface area contributed by atoms with Crippen LogP contribution < -0.4 is 4.90 Å². The summed E-state index contributed by atoms with van der Waals surface area (Å²) in [4.78, 5) is 22.1. The summed E-state index contributed by atoms with van der Waals surface area (Å²) in [6, 6.07) is 15.7. The largest absolute Gasteiger partial charge is 0.480 e. The zero-order valence-electron chi connectivity index (χ0n) is 13.1. The van der Waals surface area contributed by atoms with Crippen molar-refractivity contribution < 1.29 is 9.90 Å². The molecule has 1 aliphatic rings. The number of carboxylic acid groups (broad SMARTS) is 1. The van der Waals surface area contributed by atoms with Crippen LogP contribution in [0.1, 0.15) is 12.8 Å². The molecule has 0 bridgehead atoms. The second kappa shape index (κ2) is 5.92. The number of fused-ring (bicyclic) bond motifs is 1. The van der Waals surface area contributed by atoms with Gasteiger partial charge >= 0.3 is 5.97 Å². The lowest BCUT2D eigenvalue weighted by molar-refractivity contribution is -0.138. The molecule has 4 rings (SSSR count). The fourth-order valence-electron chi connectivity index (χ4n) is 3.26. The van der Waals surface area contributed by atoms with Crippen LogP contribution in [-0.4, -0.2) is 33.6 Å². The molecule has 0 aliphatic carbocycles. The molecule has 0 amide bonds. The van der Waals surface area contributed by atoms with Crippen molar-refractivity contribution in [2.45, 2.75) is 18.9 Å². The van der Waals surface area contributed by atoms with Crippen LogP contribution in [0.4, 0.5) is 5.95 Å². The number of aliphatic carboxylic acids is 1. The number of hydrogen-bond donors (Lipinski definition) is 1. The Labute approximate surface area is 139 Å². The number of anilines is 1. The van der Waals surface area contributed by atoms with Gasteiger partial charge in [0.15, 0.2) is 0 Å². The number of carbonyl (C=O) groups is 1. The Bertz CT molecular complexity index is 910. The van der Waals surface area contributed by atoms with Crippen molar-refractivity contribution in [3.05, 3.63) is 54.7 Å². The molecule has 2 heterocycles. The van der Waals surface area contributed by atoms with Crippen molar-refractivity contribution in [1.29, 1.82) is 0 Å². The number of benzene rings is 2. The first kappa shape index (κ1) is 14.6. The third-order valence-electron chi connectivity index (χ3n) is 4.48. The first-order valence-electron chi connectivity index (χ1n) is 8.04. The normalized spacial score (nSPS) is 17.3. The van der Waals surface area contributed by atoms with Gasteiger partial charge in [-0.1, -0.05) is 36.4 Å². The first-order valence-corrected chi connectivity index (χ1v) is 8.04. The Morgan fingerprint density at radius 3 is 2.79 bits per heavy atom. The molecule has 1 fully saturated rings. The summed E-state index contributed by atoms with van der Waals surface area (Å²) in [7, 11) is 0. The van der Waals surface area contributed by atoms with E-state index >= 15 is 0 Å². The Morgan fingerprint density at radius 1 is 1.12 bits per heavy atom. The molecule has 1 aliphatic heterocycles. The van der Waals surface area contributed by atoms with Crippen LogP contribution in [0.2, 0.25) is 0 Å². The van der Waals surface area contributed by atoms with Gasteiger partial charge in [0, 0.05) is 18.3 Å². The Morgan fingerprint density at radius 2 is 1.96 bits per heavy atom. The first-order chi connectivity index (χ1) is 11.7. The fraction of sp³-hybridized carbons (Fsp3) is 0.211. The number of nitrogens with zero attached hydrogens (tertiary/aromatic N) is 3. The third-order valence-corrected chi connectivity index (χ3v) is 4.48. The topological polar surface area (TPSA) is 66.3 Å². The van der Waals surface area contributed by atoms with Gasteiger partial charge in [-0.15, -0.1) is 0 Å². The molecule has 0 saturated carbocycles. The van der Waals surface area contributed by atoms with Crippen molar-refractivity contribution in [3.63, 3.8) is 0 Å². The monoisotopic (exact) mass is 319 g/mol. The second-order valence-electron chi connectivity index (χ2n) is 5.99. The maximum atomic E-state index is 11.4. The maximum absolute atomic E-state index is 11.4. The van der Waals surface area contributed by atoms with Crippen molar-refractivity contribution in [2.24, 2.45) is 0 Å². The minimum Gasteiger partial charge on any atom is -0.480 e. The zero-order chi connectivity index (χ0) is 16.5. The Kier molecular flexibility index (Phi) is 3.61. The van der Waals surface area contributed by atoms with Crippen LogP contribution >= 0.6 is 0 Å². The summed E-state index contributed by atoms with van der Waals surface area (Å²) in [6.45, 7) is 0.679. The standard InChI is InChI=1S/C19H17N3O2/c23-18(24)17-6-3-11-22(17)19-20-10-9-16(21-19)15-8-7-13-4-1-2-5-14(13)12-15/h1-2,4-5,7-10,12,17H,3,6,11H2,(H,23,24)/t17-/m1/s1. The molecule has 2 aromatic carbocycles. The highest BCUT2D eigenvalue weighted by Crippen LogP contribution is 2.27. The van der Waals surface area contributed by atoms with Crippen LogP contribution in [0.3, 0.4) is 0 Å². The molecule has 24 heavy (non-hydrogen) atoms. The van der Waals surface area contributed by atoms with Gasteiger partial charge in [-0.3, -0.25) is 0 Å². The summed E-state index contributed by atoms with van der Waals surface area (Å²) in [5, 5.41) is 11.7. The SMILES string of the molecule is O=C(O)[C@H]1CCCN1c1nccc(-c2ccc3ccccc3c2)n1. The van der Waals surface area contributed by atoms with Crippen LogP contribution in [0, 0.1) is 0 Å². The van der Waals surface area contributed by atoms with Gasteiger partial charge < -0.3 is 10.0 Å². The highest BCUT2D eigenvalue weighted by molar-refractivity contribution is 5.86. The Hall–Kier alpha value is -2.95. The summed E-state index contributed by atoms with van der Waals surface area (Å²) in [5.74, 6) is -0.322. The van der Waals surface area contributed by atoms with E-state index in [2.05, 4.69) is 34.2 Å². The summed E-state index contributed by atoms with van der Waals surface area (Å²) in [5.41, 5.74) is 1.81. The van der Waals surface area contributed by atoms with Gasteiger partial charge in [-0.25, -0.2) is 14.8 Å². The van der Waals surface area contributed by atoms with E-state index in [0.717, 1.165) is 23.1 Å². The lowest BCUT2D eigenvalue weighted by atomic mass is 10.1. The molecular formula is C19H17N3O2. The van der Waals surface area contributed by atoms with Crippen LogP contribution in [0.5, 0.6) is 0 Å². The second-order valence-corrected chi connectivity index (χ2v) is 5.99. The van der Waals surface area contributed by atoms with Crippen LogP contribution in [0.15, 0.2) is 54.7 Å². The minimum absolute atomic E-state index is 0.491. The van der Waals surface area contributed by atoms with Crippen LogP contribution in [-0.2, 0) is 4.79 Å². The van der Waals surface area contributed by atoms with Crippen molar-refractivity contribution in [1.82, 2.24) is 9.97 Å². The predicted octanol–water partition coefficient (Wildman–Crippen LogP) is 3.35. The zero-order valence-corrected chi connectivity index (χ0v) is 13.1. The van der Waals surface area contributed by atoms with E-state index in [4.69, 9.17) is 0 Å². The lowest BCUT2D eigenvalue weighted by Gasteiger charge is -2.21. The molecule has 1 atom stereocenters. The third kappa shape index (κ3) is 2.58. The summed E-state index contributed by atoms with van der Waals surface area (Å²) in [6.07, 6.45) is 3.18. The average molecular weight is 319 g/mol. The van der Waals surface area contributed by atoms with E-state index in [1.165, 1.54) is 5.39 Å². The van der Waals surface area contributed by atoms with Gasteiger partial charge in [0.1, 0.15) is 6.04 Å². The number of hydrogen-bond acceptors (Lipinski definition) is 4. The molecule has 1 aromatic heterocycles. The molecule has 5 nitrogen and oxygen atoms in total. The van der Waals surface area contributed by atoms with Gasteiger partial charge in [0.2, 0.25) is 5.95 Å². The fourth-order valence-corrected chi connectivity index (χ4v) is 3.26. The molecule has 0 radical (unpaired) electrons. The predicted molar refractivity (Wildman–Crippen MR) is 93.0 cm³/mol. The molecule has 3 aromatic rings. The molecule has 0 unspecified atom stereocenters. The van der Waals surface area contributed by atoms with E-state index in [9.17, 15) is 9.90 Å². The van der Waals surface area contributed by atoms with Crippen molar-refractivity contribution in [3.8, 4) is 11.3 Å². The molecule has 1 N–H and O–H groups in total. The van der Waals surface area contributed by atoms with Crippen molar-refractivity contribution >= 4 is 22.7 Å². The molecule has 1 saturated heterocycles. The smallest absolute Gasteiger partial charge is 0.326 e. The van der Waals surface area contributed by atoms with Gasteiger partial charge in [-0.2, -0.15) is 0 Å². The summed E-state index contributed by atoms with van der Waals surface area (Å²) >= 11 is 0.